The van der Waals surface area contributed by atoms with Gasteiger partial charge in [-0.1, -0.05) is 18.7 Å². The van der Waals surface area contributed by atoms with Crippen molar-refractivity contribution in [3.63, 3.8) is 0 Å². The zero-order valence-corrected chi connectivity index (χ0v) is 14.2. The monoisotopic (exact) mass is 323 g/mol. The van der Waals surface area contributed by atoms with Gasteiger partial charge >= 0.3 is 0 Å². The van der Waals surface area contributed by atoms with Crippen LogP contribution in [0, 0.1) is 0 Å². The van der Waals surface area contributed by atoms with Gasteiger partial charge in [-0.3, -0.25) is 9.79 Å². The zero-order valence-electron chi connectivity index (χ0n) is 14.2. The van der Waals surface area contributed by atoms with Crippen LogP contribution >= 0.6 is 0 Å². The van der Waals surface area contributed by atoms with E-state index < -0.39 is 0 Å². The Balaban J connectivity index is 2.04. The molecular formula is C18H21N5O. The maximum Gasteiger partial charge on any atom is 0.159 e. The summed E-state index contributed by atoms with van der Waals surface area (Å²) in [6.07, 6.45) is 3.16. The van der Waals surface area contributed by atoms with Crippen molar-refractivity contribution >= 4 is 17.3 Å². The molecule has 0 amide bonds. The molecule has 0 aliphatic carbocycles. The lowest BCUT2D eigenvalue weighted by Crippen LogP contribution is -2.30. The van der Waals surface area contributed by atoms with Gasteiger partial charge in [0.15, 0.2) is 11.6 Å². The summed E-state index contributed by atoms with van der Waals surface area (Å²) in [5.41, 5.74) is 3.10. The van der Waals surface area contributed by atoms with Crippen LogP contribution in [0.2, 0.25) is 0 Å². The molecule has 2 aromatic rings. The number of carbonyl (C=O) groups is 1. The van der Waals surface area contributed by atoms with Crippen LogP contribution in [0.5, 0.6) is 0 Å². The van der Waals surface area contributed by atoms with E-state index in [2.05, 4.69) is 26.9 Å². The normalized spacial score (nSPS) is 11.0. The van der Waals surface area contributed by atoms with Gasteiger partial charge in [-0.05, 0) is 25.1 Å². The summed E-state index contributed by atoms with van der Waals surface area (Å²) in [6.45, 7) is 6.16. The molecule has 1 heterocycles. The molecule has 0 aliphatic rings. The highest BCUT2D eigenvalue weighted by Crippen LogP contribution is 2.13. The van der Waals surface area contributed by atoms with Crippen LogP contribution in [-0.2, 0) is 0 Å². The fraction of sp³-hybridized carbons (Fsp3) is 0.222. The molecule has 0 saturated heterocycles. The zero-order chi connectivity index (χ0) is 17.5. The first-order chi connectivity index (χ1) is 11.5. The number of rotatable bonds is 6. The van der Waals surface area contributed by atoms with E-state index in [0.717, 1.165) is 17.1 Å². The molecule has 6 nitrogen and oxygen atoms in total. The van der Waals surface area contributed by atoms with Crippen molar-refractivity contribution in [1.29, 1.82) is 0 Å². The minimum Gasteiger partial charge on any atom is -0.379 e. The van der Waals surface area contributed by atoms with Crippen molar-refractivity contribution in [3.05, 3.63) is 66.4 Å². The van der Waals surface area contributed by atoms with E-state index in [1.165, 1.54) is 6.33 Å². The highest BCUT2D eigenvalue weighted by Gasteiger charge is 2.13. The number of hydrogen-bond donors (Lipinski definition) is 1. The third-order valence-electron chi connectivity index (χ3n) is 3.58. The van der Waals surface area contributed by atoms with E-state index in [-0.39, 0.29) is 5.78 Å². The minimum absolute atomic E-state index is 0.0405. The third-order valence-corrected chi connectivity index (χ3v) is 3.58. The van der Waals surface area contributed by atoms with E-state index in [0.29, 0.717) is 17.9 Å². The fourth-order valence-electron chi connectivity index (χ4n) is 2.18. The molecular weight excluding hydrogens is 302 g/mol. The second kappa shape index (κ2) is 8.01. The smallest absolute Gasteiger partial charge is 0.159 e. The number of aliphatic imine (C=N–C) groups is 1. The quantitative estimate of drug-likeness (QED) is 0.503. The molecule has 0 atom stereocenters. The number of nitrogens with one attached hydrogen (secondary N) is 1. The first-order valence-electron chi connectivity index (χ1n) is 7.52. The highest BCUT2D eigenvalue weighted by molar-refractivity contribution is 5.97. The molecule has 0 saturated carbocycles. The maximum atomic E-state index is 11.4. The van der Waals surface area contributed by atoms with E-state index >= 15 is 0 Å². The number of anilines is 1. The van der Waals surface area contributed by atoms with Gasteiger partial charge in [0.1, 0.15) is 12.0 Å². The number of benzene rings is 1. The summed E-state index contributed by atoms with van der Waals surface area (Å²) in [4.78, 5) is 25.8. The molecule has 1 aromatic heterocycles. The Kier molecular flexibility index (Phi) is 5.78. The van der Waals surface area contributed by atoms with Crippen molar-refractivity contribution in [2.45, 2.75) is 6.92 Å². The lowest BCUT2D eigenvalue weighted by atomic mass is 10.1. The van der Waals surface area contributed by atoms with Crippen molar-refractivity contribution in [3.8, 4) is 0 Å². The van der Waals surface area contributed by atoms with E-state index in [1.807, 2.05) is 30.1 Å². The van der Waals surface area contributed by atoms with Gasteiger partial charge in [-0.2, -0.15) is 0 Å². The fourth-order valence-corrected chi connectivity index (χ4v) is 2.18. The number of aromatic nitrogens is 2. The number of hydrogen-bond acceptors (Lipinski definition) is 5. The maximum absolute atomic E-state index is 11.4. The number of nitrogens with zero attached hydrogens (tertiary/aromatic N) is 4. The predicted octanol–water partition coefficient (Wildman–Crippen LogP) is 2.61. The molecule has 0 spiro atoms. The molecule has 24 heavy (non-hydrogen) atoms. The largest absolute Gasteiger partial charge is 0.379 e. The molecule has 124 valence electrons. The second-order valence-corrected chi connectivity index (χ2v) is 5.26. The number of ketones is 1. The van der Waals surface area contributed by atoms with Crippen LogP contribution in [0.4, 0.5) is 5.69 Å². The number of carbonyl (C=O) groups excluding carboxylic acids is 1. The average Bonchev–Trinajstić information content (AvgIpc) is 2.61. The summed E-state index contributed by atoms with van der Waals surface area (Å²) in [6, 6.07) is 9.19. The van der Waals surface area contributed by atoms with Crippen LogP contribution in [0.15, 0.2) is 60.1 Å². The average molecular weight is 323 g/mol. The van der Waals surface area contributed by atoms with Crippen molar-refractivity contribution in [2.24, 2.45) is 4.99 Å². The molecule has 1 aromatic carbocycles. The highest BCUT2D eigenvalue weighted by atomic mass is 16.1. The molecule has 0 bridgehead atoms. The van der Waals surface area contributed by atoms with Crippen molar-refractivity contribution in [1.82, 2.24) is 14.9 Å². The minimum atomic E-state index is 0.0405. The first-order valence-corrected chi connectivity index (χ1v) is 7.52. The molecule has 0 radical (unpaired) electrons. The van der Waals surface area contributed by atoms with Crippen LogP contribution in [0.3, 0.4) is 0 Å². The third kappa shape index (κ3) is 4.25. The van der Waals surface area contributed by atoms with Gasteiger partial charge in [0.2, 0.25) is 0 Å². The Hall–Kier alpha value is -3.02. The summed E-state index contributed by atoms with van der Waals surface area (Å²) in [7, 11) is 3.60. The Morgan fingerprint density at radius 3 is 2.79 bits per heavy atom. The molecule has 0 fully saturated rings. The number of amidine groups is 1. The van der Waals surface area contributed by atoms with Crippen LogP contribution in [-0.4, -0.2) is 47.1 Å². The summed E-state index contributed by atoms with van der Waals surface area (Å²) >= 11 is 0. The topological polar surface area (TPSA) is 70.5 Å². The van der Waals surface area contributed by atoms with Gasteiger partial charge in [0.05, 0.1) is 6.54 Å². The molecule has 0 aliphatic heterocycles. The molecule has 0 unspecified atom stereocenters. The van der Waals surface area contributed by atoms with Gasteiger partial charge in [-0.25, -0.2) is 9.97 Å². The Morgan fingerprint density at radius 1 is 1.38 bits per heavy atom. The Bertz CT molecular complexity index is 755. The van der Waals surface area contributed by atoms with E-state index in [4.69, 9.17) is 0 Å². The standard InChI is InChI=1S/C18H21N5O/c1-13(11-21-16-7-5-6-15(10-16)14(2)24)23(4)18(19-3)17-8-9-20-12-22-17/h5-10,12,21H,1,11H2,2-4H3. The van der Waals surface area contributed by atoms with Crippen molar-refractivity contribution < 1.29 is 4.79 Å². The first kappa shape index (κ1) is 17.3. The molecule has 1 N–H and O–H groups in total. The van der Waals surface area contributed by atoms with Gasteiger partial charge in [-0.15, -0.1) is 0 Å². The van der Waals surface area contributed by atoms with Crippen LogP contribution in [0.1, 0.15) is 23.0 Å². The van der Waals surface area contributed by atoms with E-state index in [1.54, 1.807) is 32.3 Å². The number of Topliss-reactive ketones (excluding diaryl/α,β-unsaturated/α-hetero) is 1. The summed E-state index contributed by atoms with van der Waals surface area (Å²) in [5.74, 6) is 0.750. The lowest BCUT2D eigenvalue weighted by Gasteiger charge is -2.23. The lowest BCUT2D eigenvalue weighted by molar-refractivity contribution is 0.101. The Morgan fingerprint density at radius 2 is 2.17 bits per heavy atom. The van der Waals surface area contributed by atoms with Crippen LogP contribution in [0.25, 0.3) is 0 Å². The Labute approximate surface area is 142 Å². The predicted molar refractivity (Wildman–Crippen MR) is 96.3 cm³/mol. The van der Waals surface area contributed by atoms with Crippen molar-refractivity contribution in [2.75, 3.05) is 26.0 Å². The molecule has 2 rings (SSSR count). The van der Waals surface area contributed by atoms with Gasteiger partial charge < -0.3 is 10.2 Å². The SMILES string of the molecule is C=C(CNc1cccc(C(C)=O)c1)N(C)C(=NC)c1ccncn1. The van der Waals surface area contributed by atoms with E-state index in [9.17, 15) is 4.79 Å². The second-order valence-electron chi connectivity index (χ2n) is 5.26. The van der Waals surface area contributed by atoms with Crippen LogP contribution < -0.4 is 5.32 Å². The summed E-state index contributed by atoms with van der Waals surface area (Å²) in [5, 5.41) is 3.27. The van der Waals surface area contributed by atoms with Gasteiger partial charge in [0.25, 0.3) is 0 Å². The summed E-state index contributed by atoms with van der Waals surface area (Å²) < 4.78 is 0. The van der Waals surface area contributed by atoms with Gasteiger partial charge in [0, 0.05) is 37.2 Å². The number of likely N-dealkylation sites (N-methyl/N-ethyl adjacent to an activating group) is 1. The molecule has 6 heteroatoms.